The number of pyridine rings is 1. The van der Waals surface area contributed by atoms with Crippen molar-refractivity contribution in [3.8, 4) is 0 Å². The molecule has 2 heterocycles. The summed E-state index contributed by atoms with van der Waals surface area (Å²) in [4.78, 5) is 32.1. The Kier molecular flexibility index (Phi) is 4.56. The van der Waals surface area contributed by atoms with Gasteiger partial charge in [-0.1, -0.05) is 40.2 Å². The van der Waals surface area contributed by atoms with Crippen molar-refractivity contribution in [2.75, 3.05) is 10.2 Å². The smallest absolute Gasteiger partial charge is 0.265 e. The van der Waals surface area contributed by atoms with Crippen molar-refractivity contribution in [1.29, 1.82) is 0 Å². The molecule has 0 fully saturated rings. The van der Waals surface area contributed by atoms with Crippen molar-refractivity contribution < 1.29 is 9.59 Å². The molecule has 0 spiro atoms. The number of hydrogen-bond donors (Lipinski definition) is 1. The van der Waals surface area contributed by atoms with E-state index in [4.69, 9.17) is 0 Å². The van der Waals surface area contributed by atoms with Crippen LogP contribution in [0, 0.1) is 0 Å². The summed E-state index contributed by atoms with van der Waals surface area (Å²) in [6, 6.07) is 22.2. The Morgan fingerprint density at radius 2 is 1.67 bits per heavy atom. The van der Waals surface area contributed by atoms with Crippen LogP contribution in [0.15, 0.2) is 83.5 Å². The van der Waals surface area contributed by atoms with Gasteiger partial charge < -0.3 is 5.32 Å². The first-order valence-corrected chi connectivity index (χ1v) is 10.3. The first-order valence-electron chi connectivity index (χ1n) is 9.47. The van der Waals surface area contributed by atoms with E-state index < -0.39 is 0 Å². The molecular weight excluding hydrogens is 442 g/mol. The SMILES string of the molecule is O=C1c2cccc3c(NCc4ccccn4)ccc(c23)C(=O)N1c1cccc(Br)c1. The zero-order valence-electron chi connectivity index (χ0n) is 15.8. The molecule has 0 saturated heterocycles. The lowest BCUT2D eigenvalue weighted by Crippen LogP contribution is -2.40. The largest absolute Gasteiger partial charge is 0.379 e. The predicted molar refractivity (Wildman–Crippen MR) is 121 cm³/mol. The highest BCUT2D eigenvalue weighted by Gasteiger charge is 2.34. The van der Waals surface area contributed by atoms with Gasteiger partial charge in [0.1, 0.15) is 0 Å². The molecule has 1 aromatic heterocycles. The first-order chi connectivity index (χ1) is 14.6. The van der Waals surface area contributed by atoms with E-state index in [1.165, 1.54) is 4.90 Å². The number of nitrogens with zero attached hydrogens (tertiary/aromatic N) is 2. The van der Waals surface area contributed by atoms with Crippen LogP contribution in [0.4, 0.5) is 11.4 Å². The van der Waals surface area contributed by atoms with E-state index in [1.54, 1.807) is 36.5 Å². The fourth-order valence-corrected chi connectivity index (χ4v) is 4.18. The molecule has 3 aromatic carbocycles. The molecule has 30 heavy (non-hydrogen) atoms. The lowest BCUT2D eigenvalue weighted by Gasteiger charge is -2.28. The number of aromatic nitrogens is 1. The molecule has 1 aliphatic heterocycles. The van der Waals surface area contributed by atoms with Gasteiger partial charge >= 0.3 is 0 Å². The average molecular weight is 458 g/mol. The summed E-state index contributed by atoms with van der Waals surface area (Å²) in [5.41, 5.74) is 3.34. The maximum Gasteiger partial charge on any atom is 0.265 e. The number of carbonyl (C=O) groups is 2. The third-order valence-electron chi connectivity index (χ3n) is 5.16. The lowest BCUT2D eigenvalue weighted by atomic mass is 9.92. The summed E-state index contributed by atoms with van der Waals surface area (Å²) in [6.07, 6.45) is 1.75. The second-order valence-corrected chi connectivity index (χ2v) is 7.90. The number of nitrogens with one attached hydrogen (secondary N) is 1. The Hall–Kier alpha value is -3.51. The minimum atomic E-state index is -0.321. The molecular formula is C24H16BrN3O2. The summed E-state index contributed by atoms with van der Waals surface area (Å²) in [5.74, 6) is -0.642. The van der Waals surface area contributed by atoms with E-state index in [0.717, 1.165) is 21.2 Å². The van der Waals surface area contributed by atoms with Crippen LogP contribution in [-0.2, 0) is 6.54 Å². The van der Waals surface area contributed by atoms with Crippen molar-refractivity contribution >= 4 is 49.9 Å². The number of hydrogen-bond acceptors (Lipinski definition) is 4. The molecule has 0 radical (unpaired) electrons. The van der Waals surface area contributed by atoms with Crippen LogP contribution < -0.4 is 10.2 Å². The van der Waals surface area contributed by atoms with Crippen LogP contribution in [0.25, 0.3) is 10.8 Å². The number of halogens is 1. The van der Waals surface area contributed by atoms with E-state index in [-0.39, 0.29) is 11.8 Å². The highest BCUT2D eigenvalue weighted by molar-refractivity contribution is 9.10. The van der Waals surface area contributed by atoms with Gasteiger partial charge in [0.2, 0.25) is 0 Å². The van der Waals surface area contributed by atoms with Gasteiger partial charge in [-0.2, -0.15) is 0 Å². The summed E-state index contributed by atoms with van der Waals surface area (Å²) in [7, 11) is 0. The fraction of sp³-hybridized carbons (Fsp3) is 0.0417. The van der Waals surface area contributed by atoms with Crippen LogP contribution in [0.5, 0.6) is 0 Å². The molecule has 146 valence electrons. The average Bonchev–Trinajstić information content (AvgIpc) is 2.77. The van der Waals surface area contributed by atoms with Gasteiger partial charge in [-0.3, -0.25) is 14.6 Å². The van der Waals surface area contributed by atoms with Crippen LogP contribution >= 0.6 is 15.9 Å². The van der Waals surface area contributed by atoms with E-state index in [0.29, 0.717) is 28.7 Å². The number of carbonyl (C=O) groups excluding carboxylic acids is 2. The van der Waals surface area contributed by atoms with Crippen LogP contribution in [0.3, 0.4) is 0 Å². The van der Waals surface area contributed by atoms with Gasteiger partial charge in [0.15, 0.2) is 0 Å². The Morgan fingerprint density at radius 1 is 0.867 bits per heavy atom. The lowest BCUT2D eigenvalue weighted by molar-refractivity contribution is 0.0893. The highest BCUT2D eigenvalue weighted by atomic mass is 79.9. The van der Waals surface area contributed by atoms with Crippen molar-refractivity contribution in [3.63, 3.8) is 0 Å². The number of imide groups is 1. The second kappa shape index (κ2) is 7.39. The second-order valence-electron chi connectivity index (χ2n) is 6.99. The molecule has 2 amide bonds. The molecule has 0 unspecified atom stereocenters. The molecule has 1 aliphatic rings. The molecule has 0 saturated carbocycles. The van der Waals surface area contributed by atoms with Crippen molar-refractivity contribution in [2.24, 2.45) is 0 Å². The Balaban J connectivity index is 1.59. The third-order valence-corrected chi connectivity index (χ3v) is 5.65. The maximum atomic E-state index is 13.3. The number of rotatable bonds is 4. The van der Waals surface area contributed by atoms with Crippen molar-refractivity contribution in [1.82, 2.24) is 4.98 Å². The predicted octanol–water partition coefficient (Wildman–Crippen LogP) is 5.41. The third kappa shape index (κ3) is 3.06. The van der Waals surface area contributed by atoms with Gasteiger partial charge in [0, 0.05) is 38.3 Å². The Labute approximate surface area is 181 Å². The summed E-state index contributed by atoms with van der Waals surface area (Å²) < 4.78 is 0.804. The quantitative estimate of drug-likeness (QED) is 0.416. The monoisotopic (exact) mass is 457 g/mol. The van der Waals surface area contributed by atoms with E-state index >= 15 is 0 Å². The molecule has 5 rings (SSSR count). The van der Waals surface area contributed by atoms with E-state index in [9.17, 15) is 9.59 Å². The first kappa shape index (κ1) is 18.5. The molecule has 6 heteroatoms. The normalized spacial score (nSPS) is 13.0. The van der Waals surface area contributed by atoms with Crippen LogP contribution in [0.1, 0.15) is 26.4 Å². The Bertz CT molecular complexity index is 1280. The zero-order chi connectivity index (χ0) is 20.7. The molecule has 0 atom stereocenters. The number of amides is 2. The van der Waals surface area contributed by atoms with Crippen molar-refractivity contribution in [2.45, 2.75) is 6.54 Å². The van der Waals surface area contributed by atoms with Gasteiger partial charge in [0.25, 0.3) is 11.8 Å². The fourth-order valence-electron chi connectivity index (χ4n) is 3.79. The van der Waals surface area contributed by atoms with Crippen LogP contribution in [0.2, 0.25) is 0 Å². The van der Waals surface area contributed by atoms with Gasteiger partial charge in [0.05, 0.1) is 17.9 Å². The minimum absolute atomic E-state index is 0.321. The zero-order valence-corrected chi connectivity index (χ0v) is 17.4. The molecule has 0 bridgehead atoms. The van der Waals surface area contributed by atoms with Gasteiger partial charge in [-0.15, -0.1) is 0 Å². The van der Waals surface area contributed by atoms with Gasteiger partial charge in [-0.25, -0.2) is 4.90 Å². The van der Waals surface area contributed by atoms with E-state index in [1.807, 2.05) is 42.5 Å². The molecule has 0 aliphatic carbocycles. The highest BCUT2D eigenvalue weighted by Crippen LogP contribution is 2.36. The molecule has 1 N–H and O–H groups in total. The summed E-state index contributed by atoms with van der Waals surface area (Å²) in [6.45, 7) is 0.547. The van der Waals surface area contributed by atoms with Gasteiger partial charge in [-0.05, 0) is 48.5 Å². The topological polar surface area (TPSA) is 62.3 Å². The number of anilines is 2. The van der Waals surface area contributed by atoms with Crippen LogP contribution in [-0.4, -0.2) is 16.8 Å². The Morgan fingerprint density at radius 3 is 2.43 bits per heavy atom. The van der Waals surface area contributed by atoms with E-state index in [2.05, 4.69) is 26.2 Å². The summed E-state index contributed by atoms with van der Waals surface area (Å²) in [5, 5.41) is 4.91. The minimum Gasteiger partial charge on any atom is -0.379 e. The number of benzene rings is 3. The molecule has 4 aromatic rings. The molecule has 5 nitrogen and oxygen atoms in total. The standard InChI is InChI=1S/C24H16BrN3O2/c25-15-5-3-7-17(13-15)28-23(29)19-9-4-8-18-21(11-10-20(22(18)19)24(28)30)27-14-16-6-1-2-12-26-16/h1-13,27H,14H2. The van der Waals surface area contributed by atoms with Crippen molar-refractivity contribution in [3.05, 3.63) is 100 Å². The maximum absolute atomic E-state index is 13.3. The summed E-state index contributed by atoms with van der Waals surface area (Å²) >= 11 is 3.41.